The molecule has 0 bridgehead atoms. The Balaban J connectivity index is 0.000000304. The van der Waals surface area contributed by atoms with Gasteiger partial charge in [0.1, 0.15) is 6.10 Å². The highest BCUT2D eigenvalue weighted by Crippen LogP contribution is 2.19. The van der Waals surface area contributed by atoms with E-state index in [2.05, 4.69) is 13.8 Å². The van der Waals surface area contributed by atoms with Gasteiger partial charge in [-0.15, -0.1) is 0 Å². The lowest BCUT2D eigenvalue weighted by Crippen LogP contribution is -2.15. The molecule has 1 fully saturated rings. The van der Waals surface area contributed by atoms with Crippen LogP contribution in [0.15, 0.2) is 0 Å². The molecule has 0 saturated heterocycles. The maximum Gasteiger partial charge on any atom is 0.293 e. The molecule has 0 aromatic heterocycles. The van der Waals surface area contributed by atoms with Gasteiger partial charge in [-0.1, -0.05) is 58.8 Å². The lowest BCUT2D eigenvalue weighted by atomic mass is 9.98. The van der Waals surface area contributed by atoms with Gasteiger partial charge in [0.05, 0.1) is 0 Å². The fourth-order valence-electron chi connectivity index (χ4n) is 2.13. The highest BCUT2D eigenvalue weighted by atomic mass is 16.5. The Kier molecular flexibility index (Phi) is 13.1. The van der Waals surface area contributed by atoms with Gasteiger partial charge in [-0.3, -0.25) is 4.79 Å². The highest BCUT2D eigenvalue weighted by Gasteiger charge is 2.12. The van der Waals surface area contributed by atoms with Crippen LogP contribution in [0.25, 0.3) is 0 Å². The third-order valence-corrected chi connectivity index (χ3v) is 3.26. The van der Waals surface area contributed by atoms with Crippen molar-refractivity contribution in [3.05, 3.63) is 0 Å². The second-order valence-electron chi connectivity index (χ2n) is 4.91. The molecule has 0 aromatic rings. The minimum Gasteiger partial charge on any atom is -0.465 e. The van der Waals surface area contributed by atoms with Crippen LogP contribution in [-0.4, -0.2) is 12.6 Å². The number of hydrogen-bond acceptors (Lipinski definition) is 2. The SMILES string of the molecule is CCCCCCCC.O=COC1CCCCC1. The summed E-state index contributed by atoms with van der Waals surface area (Å²) >= 11 is 0. The summed E-state index contributed by atoms with van der Waals surface area (Å²) in [6.45, 7) is 5.08. The van der Waals surface area contributed by atoms with Gasteiger partial charge in [0.15, 0.2) is 0 Å². The summed E-state index contributed by atoms with van der Waals surface area (Å²) in [5, 5.41) is 0. The summed E-state index contributed by atoms with van der Waals surface area (Å²) in [6.07, 6.45) is 14.6. The lowest BCUT2D eigenvalue weighted by molar-refractivity contribution is -0.134. The van der Waals surface area contributed by atoms with Crippen molar-refractivity contribution >= 4 is 6.47 Å². The van der Waals surface area contributed by atoms with Gasteiger partial charge >= 0.3 is 0 Å². The fraction of sp³-hybridized carbons (Fsp3) is 0.933. The quantitative estimate of drug-likeness (QED) is 0.471. The summed E-state index contributed by atoms with van der Waals surface area (Å²) in [5.74, 6) is 0. The third kappa shape index (κ3) is 11.7. The van der Waals surface area contributed by atoms with Crippen LogP contribution in [0, 0.1) is 0 Å². The van der Waals surface area contributed by atoms with E-state index < -0.39 is 0 Å². The summed E-state index contributed by atoms with van der Waals surface area (Å²) in [6, 6.07) is 0. The smallest absolute Gasteiger partial charge is 0.293 e. The number of unbranched alkanes of at least 4 members (excludes halogenated alkanes) is 5. The van der Waals surface area contributed by atoms with E-state index in [1.165, 1.54) is 57.8 Å². The number of carbonyl (C=O) groups excluding carboxylic acids is 1. The second-order valence-corrected chi connectivity index (χ2v) is 4.91. The van der Waals surface area contributed by atoms with E-state index in [1.807, 2.05) is 0 Å². The van der Waals surface area contributed by atoms with Crippen molar-refractivity contribution < 1.29 is 9.53 Å². The third-order valence-electron chi connectivity index (χ3n) is 3.26. The molecule has 0 amide bonds. The number of rotatable bonds is 7. The largest absolute Gasteiger partial charge is 0.465 e. The molecule has 17 heavy (non-hydrogen) atoms. The molecule has 0 radical (unpaired) electrons. The monoisotopic (exact) mass is 242 g/mol. The van der Waals surface area contributed by atoms with E-state index in [0.717, 1.165) is 12.8 Å². The molecule has 2 nitrogen and oxygen atoms in total. The Morgan fingerprint density at radius 2 is 1.47 bits per heavy atom. The molecule has 1 rings (SSSR count). The van der Waals surface area contributed by atoms with Crippen LogP contribution in [-0.2, 0) is 9.53 Å². The summed E-state index contributed by atoms with van der Waals surface area (Å²) in [4.78, 5) is 9.85. The van der Waals surface area contributed by atoms with Crippen LogP contribution >= 0.6 is 0 Å². The van der Waals surface area contributed by atoms with Gasteiger partial charge in [0.25, 0.3) is 6.47 Å². The zero-order chi connectivity index (χ0) is 12.8. The normalized spacial score (nSPS) is 15.9. The predicted octanol–water partition coefficient (Wildman–Crippen LogP) is 4.86. The van der Waals surface area contributed by atoms with Gasteiger partial charge in [-0.2, -0.15) is 0 Å². The Morgan fingerprint density at radius 1 is 0.941 bits per heavy atom. The van der Waals surface area contributed by atoms with Gasteiger partial charge in [0.2, 0.25) is 0 Å². The number of hydrogen-bond donors (Lipinski definition) is 0. The average molecular weight is 242 g/mol. The average Bonchev–Trinajstić information content (AvgIpc) is 2.37. The van der Waals surface area contributed by atoms with Crippen molar-refractivity contribution in [1.82, 2.24) is 0 Å². The molecule has 0 heterocycles. The number of carbonyl (C=O) groups is 1. The molecule has 0 unspecified atom stereocenters. The van der Waals surface area contributed by atoms with Crippen molar-refractivity contribution in [1.29, 1.82) is 0 Å². The van der Waals surface area contributed by atoms with E-state index in [9.17, 15) is 4.79 Å². The van der Waals surface area contributed by atoms with Crippen molar-refractivity contribution in [2.24, 2.45) is 0 Å². The van der Waals surface area contributed by atoms with Crippen molar-refractivity contribution in [2.45, 2.75) is 90.6 Å². The first-order valence-corrected chi connectivity index (χ1v) is 7.44. The molecule has 0 atom stereocenters. The Hall–Kier alpha value is -0.530. The van der Waals surface area contributed by atoms with Crippen LogP contribution in [0.3, 0.4) is 0 Å². The van der Waals surface area contributed by atoms with E-state index in [1.54, 1.807) is 0 Å². The molecule has 102 valence electrons. The number of ether oxygens (including phenoxy) is 1. The first-order chi connectivity index (χ1) is 8.35. The van der Waals surface area contributed by atoms with E-state index >= 15 is 0 Å². The van der Waals surface area contributed by atoms with E-state index in [4.69, 9.17) is 4.74 Å². The molecular formula is C15H30O2. The zero-order valence-electron chi connectivity index (χ0n) is 11.7. The van der Waals surface area contributed by atoms with Crippen LogP contribution < -0.4 is 0 Å². The molecular weight excluding hydrogens is 212 g/mol. The fourth-order valence-corrected chi connectivity index (χ4v) is 2.13. The maximum absolute atomic E-state index is 9.85. The molecule has 1 aliphatic rings. The van der Waals surface area contributed by atoms with Crippen LogP contribution in [0.4, 0.5) is 0 Å². The van der Waals surface area contributed by atoms with Gasteiger partial charge < -0.3 is 4.74 Å². The predicted molar refractivity (Wildman–Crippen MR) is 73.1 cm³/mol. The van der Waals surface area contributed by atoms with Gasteiger partial charge in [-0.05, 0) is 25.7 Å². The maximum atomic E-state index is 9.85. The van der Waals surface area contributed by atoms with Crippen molar-refractivity contribution in [2.75, 3.05) is 0 Å². The molecule has 0 N–H and O–H groups in total. The van der Waals surface area contributed by atoms with Gasteiger partial charge in [0, 0.05) is 0 Å². The molecule has 1 saturated carbocycles. The zero-order valence-corrected chi connectivity index (χ0v) is 11.7. The second kappa shape index (κ2) is 13.5. The van der Waals surface area contributed by atoms with Crippen LogP contribution in [0.5, 0.6) is 0 Å². The Bertz CT molecular complexity index is 145. The van der Waals surface area contributed by atoms with Crippen LogP contribution in [0.2, 0.25) is 0 Å². The first kappa shape index (κ1) is 16.5. The summed E-state index contributed by atoms with van der Waals surface area (Å²) < 4.78 is 4.80. The molecule has 0 aromatic carbocycles. The van der Waals surface area contributed by atoms with Crippen molar-refractivity contribution in [3.8, 4) is 0 Å². The molecule has 0 aliphatic heterocycles. The van der Waals surface area contributed by atoms with Crippen LogP contribution in [0.1, 0.15) is 84.5 Å². The summed E-state index contributed by atoms with van der Waals surface area (Å²) in [5.41, 5.74) is 0. The van der Waals surface area contributed by atoms with E-state index in [-0.39, 0.29) is 6.10 Å². The molecule has 2 heteroatoms. The van der Waals surface area contributed by atoms with E-state index in [0.29, 0.717) is 6.47 Å². The van der Waals surface area contributed by atoms with Crippen molar-refractivity contribution in [3.63, 3.8) is 0 Å². The highest BCUT2D eigenvalue weighted by molar-refractivity contribution is 5.37. The minimum atomic E-state index is 0.233. The first-order valence-electron chi connectivity index (χ1n) is 7.44. The Labute approximate surface area is 107 Å². The lowest BCUT2D eigenvalue weighted by Gasteiger charge is -2.18. The standard InChI is InChI=1S/C8H18.C7H12O2/c1-3-5-7-8-6-4-2;8-6-9-7-4-2-1-3-5-7/h3-8H2,1-2H3;6-7H,1-5H2. The molecule has 1 aliphatic carbocycles. The molecule has 0 spiro atoms. The van der Waals surface area contributed by atoms with Gasteiger partial charge in [-0.25, -0.2) is 0 Å². The topological polar surface area (TPSA) is 26.3 Å². The Morgan fingerprint density at radius 3 is 1.88 bits per heavy atom. The minimum absolute atomic E-state index is 0.233. The summed E-state index contributed by atoms with van der Waals surface area (Å²) in [7, 11) is 0.